The van der Waals surface area contributed by atoms with E-state index in [1.165, 1.54) is 12.1 Å². The third kappa shape index (κ3) is 8.00. The SMILES string of the molecule is CC.CCCC(=O)c1cn(C)c2cc(C)c(C(=O)N3CCC(Cc4ccc(F)cc4)CC3)cc12.CCNC. The van der Waals surface area contributed by atoms with Crippen molar-refractivity contribution < 1.29 is 14.0 Å². The lowest BCUT2D eigenvalue weighted by Crippen LogP contribution is -2.39. The third-order valence-electron chi connectivity index (χ3n) is 7.04. The second-order valence-electron chi connectivity index (χ2n) is 9.78. The van der Waals surface area contributed by atoms with Crippen molar-refractivity contribution in [1.82, 2.24) is 14.8 Å². The number of ketones is 1. The van der Waals surface area contributed by atoms with E-state index >= 15 is 0 Å². The van der Waals surface area contributed by atoms with Crippen molar-refractivity contribution >= 4 is 22.6 Å². The van der Waals surface area contributed by atoms with Crippen LogP contribution in [0.15, 0.2) is 42.6 Å². The first-order valence-corrected chi connectivity index (χ1v) is 14.1. The molecule has 1 fully saturated rings. The van der Waals surface area contributed by atoms with Gasteiger partial charge in [0.15, 0.2) is 5.78 Å². The molecule has 0 spiro atoms. The second-order valence-corrected chi connectivity index (χ2v) is 9.78. The summed E-state index contributed by atoms with van der Waals surface area (Å²) in [7, 11) is 3.87. The number of hydrogen-bond acceptors (Lipinski definition) is 3. The normalized spacial score (nSPS) is 13.4. The number of nitrogens with one attached hydrogen (secondary N) is 1. The smallest absolute Gasteiger partial charge is 0.254 e. The molecule has 1 amide bonds. The zero-order valence-corrected chi connectivity index (χ0v) is 24.4. The van der Waals surface area contributed by atoms with Crippen LogP contribution in [-0.2, 0) is 13.5 Å². The summed E-state index contributed by atoms with van der Waals surface area (Å²) in [6, 6.07) is 10.7. The van der Waals surface area contributed by atoms with E-state index < -0.39 is 0 Å². The number of carbonyl (C=O) groups excluding carboxylic acids is 2. The Balaban J connectivity index is 0.000000773. The highest BCUT2D eigenvalue weighted by Gasteiger charge is 2.26. The first-order valence-electron chi connectivity index (χ1n) is 14.1. The summed E-state index contributed by atoms with van der Waals surface area (Å²) in [5.41, 5.74) is 4.46. The molecule has 2 aromatic carbocycles. The molecule has 1 aliphatic rings. The van der Waals surface area contributed by atoms with Crippen LogP contribution in [0.4, 0.5) is 4.39 Å². The topological polar surface area (TPSA) is 54.3 Å². The van der Waals surface area contributed by atoms with Gasteiger partial charge in [-0.2, -0.15) is 0 Å². The number of amides is 1. The Kier molecular flexibility index (Phi) is 12.7. The molecule has 4 rings (SSSR count). The molecule has 5 nitrogen and oxygen atoms in total. The Morgan fingerprint density at radius 1 is 1.03 bits per heavy atom. The third-order valence-corrected chi connectivity index (χ3v) is 7.04. The average molecular weight is 524 g/mol. The van der Waals surface area contributed by atoms with Crippen molar-refractivity contribution in [2.45, 2.75) is 66.7 Å². The molecule has 0 atom stereocenters. The molecule has 2 heterocycles. The second kappa shape index (κ2) is 15.4. The fourth-order valence-electron chi connectivity index (χ4n) is 4.81. The first kappa shape index (κ1) is 31.2. The summed E-state index contributed by atoms with van der Waals surface area (Å²) >= 11 is 0. The Morgan fingerprint density at radius 3 is 2.18 bits per heavy atom. The lowest BCUT2D eigenvalue weighted by Gasteiger charge is -2.32. The van der Waals surface area contributed by atoms with Gasteiger partial charge in [0.1, 0.15) is 5.82 Å². The van der Waals surface area contributed by atoms with E-state index in [0.29, 0.717) is 23.5 Å². The summed E-state index contributed by atoms with van der Waals surface area (Å²) in [5.74, 6) is 0.462. The highest BCUT2D eigenvalue weighted by atomic mass is 19.1. The Hall–Kier alpha value is -2.99. The zero-order chi connectivity index (χ0) is 28.2. The lowest BCUT2D eigenvalue weighted by molar-refractivity contribution is 0.0689. The van der Waals surface area contributed by atoms with Gasteiger partial charge in [-0.3, -0.25) is 9.59 Å². The van der Waals surface area contributed by atoms with Gasteiger partial charge in [-0.05, 0) is 87.5 Å². The molecule has 3 aromatic rings. The van der Waals surface area contributed by atoms with Crippen LogP contribution in [0.1, 0.15) is 85.2 Å². The van der Waals surface area contributed by atoms with Gasteiger partial charge in [0.25, 0.3) is 5.91 Å². The number of rotatable bonds is 7. The van der Waals surface area contributed by atoms with Gasteiger partial charge >= 0.3 is 0 Å². The molecule has 1 N–H and O–H groups in total. The summed E-state index contributed by atoms with van der Waals surface area (Å²) in [6.45, 7) is 12.5. The van der Waals surface area contributed by atoms with E-state index in [-0.39, 0.29) is 17.5 Å². The molecular weight excluding hydrogens is 477 g/mol. The van der Waals surface area contributed by atoms with Gasteiger partial charge < -0.3 is 14.8 Å². The van der Waals surface area contributed by atoms with E-state index in [4.69, 9.17) is 0 Å². The summed E-state index contributed by atoms with van der Waals surface area (Å²) in [5, 5.41) is 3.80. The summed E-state index contributed by atoms with van der Waals surface area (Å²) < 4.78 is 15.1. The number of Topliss-reactive ketones (excluding diaryl/α,β-unsaturated/α-hetero) is 1. The molecule has 1 aromatic heterocycles. The number of aromatic nitrogens is 1. The number of fused-ring (bicyclic) bond motifs is 1. The number of halogens is 1. The molecule has 0 radical (unpaired) electrons. The van der Waals surface area contributed by atoms with Gasteiger partial charge in [0.05, 0.1) is 0 Å². The van der Waals surface area contributed by atoms with Crippen LogP contribution in [0, 0.1) is 18.7 Å². The molecule has 6 heteroatoms. The fraction of sp³-hybridized carbons (Fsp3) is 0.500. The minimum Gasteiger partial charge on any atom is -0.350 e. The number of nitrogens with zero attached hydrogens (tertiary/aromatic N) is 2. The van der Waals surface area contributed by atoms with E-state index in [9.17, 15) is 14.0 Å². The highest BCUT2D eigenvalue weighted by Crippen LogP contribution is 2.28. The van der Waals surface area contributed by atoms with E-state index in [2.05, 4.69) is 12.2 Å². The van der Waals surface area contributed by atoms with Gasteiger partial charge in [-0.15, -0.1) is 0 Å². The van der Waals surface area contributed by atoms with Crippen LogP contribution >= 0.6 is 0 Å². The van der Waals surface area contributed by atoms with Crippen molar-refractivity contribution in [2.24, 2.45) is 13.0 Å². The Bertz CT molecular complexity index is 1170. The first-order chi connectivity index (χ1) is 18.3. The van der Waals surface area contributed by atoms with Crippen LogP contribution in [-0.4, -0.2) is 47.8 Å². The molecule has 0 unspecified atom stereocenters. The maximum atomic E-state index is 13.4. The van der Waals surface area contributed by atoms with Gasteiger partial charge in [0, 0.05) is 54.8 Å². The highest BCUT2D eigenvalue weighted by molar-refractivity contribution is 6.10. The Labute approximate surface area is 228 Å². The van der Waals surface area contributed by atoms with Crippen LogP contribution in [0.5, 0.6) is 0 Å². The van der Waals surface area contributed by atoms with E-state index in [1.54, 1.807) is 0 Å². The van der Waals surface area contributed by atoms with E-state index in [1.807, 2.05) is 81.7 Å². The number of piperidine rings is 1. The molecule has 208 valence electrons. The predicted molar refractivity (Wildman–Crippen MR) is 157 cm³/mol. The molecular formula is C32H46FN3O2. The monoisotopic (exact) mass is 523 g/mol. The standard InChI is InChI=1S/C27H31FN2O2.C3H9N.C2H6/c1-4-5-26(31)24-17-29(3)25-14-18(2)22(16-23(24)25)27(32)30-12-10-20(11-13-30)15-19-6-8-21(28)9-7-19;1-3-4-2;1-2/h6-9,14,16-17,20H,4-5,10-13,15H2,1-3H3;4H,3H2,1-2H3;1-2H3. The Morgan fingerprint density at radius 2 is 1.63 bits per heavy atom. The minimum atomic E-state index is -0.209. The number of likely N-dealkylation sites (tertiary alicyclic amines) is 1. The zero-order valence-electron chi connectivity index (χ0n) is 24.4. The summed E-state index contributed by atoms with van der Waals surface area (Å²) in [6.07, 6.45) is 6.00. The van der Waals surface area contributed by atoms with Crippen LogP contribution in [0.2, 0.25) is 0 Å². The van der Waals surface area contributed by atoms with Crippen LogP contribution in [0.25, 0.3) is 10.9 Å². The van der Waals surface area contributed by atoms with Crippen molar-refractivity contribution in [2.75, 3.05) is 26.7 Å². The van der Waals surface area contributed by atoms with Crippen molar-refractivity contribution in [3.05, 3.63) is 70.7 Å². The van der Waals surface area contributed by atoms with Gasteiger partial charge in [0.2, 0.25) is 0 Å². The van der Waals surface area contributed by atoms with Crippen molar-refractivity contribution in [3.8, 4) is 0 Å². The van der Waals surface area contributed by atoms with Crippen molar-refractivity contribution in [3.63, 3.8) is 0 Å². The summed E-state index contributed by atoms with van der Waals surface area (Å²) in [4.78, 5) is 27.9. The average Bonchev–Trinajstić information content (AvgIpc) is 3.26. The quantitative estimate of drug-likeness (QED) is 0.341. The minimum absolute atomic E-state index is 0.0439. The largest absolute Gasteiger partial charge is 0.350 e. The van der Waals surface area contributed by atoms with Crippen LogP contribution < -0.4 is 5.32 Å². The fourth-order valence-corrected chi connectivity index (χ4v) is 4.81. The number of carbonyl (C=O) groups is 2. The molecule has 0 aliphatic carbocycles. The number of benzene rings is 2. The van der Waals surface area contributed by atoms with Gasteiger partial charge in [-0.25, -0.2) is 4.39 Å². The molecule has 1 saturated heterocycles. The lowest BCUT2D eigenvalue weighted by atomic mass is 9.89. The maximum Gasteiger partial charge on any atom is 0.254 e. The van der Waals surface area contributed by atoms with Crippen molar-refractivity contribution in [1.29, 1.82) is 0 Å². The predicted octanol–water partition coefficient (Wildman–Crippen LogP) is 6.96. The molecule has 38 heavy (non-hydrogen) atoms. The molecule has 0 bridgehead atoms. The molecule has 0 saturated carbocycles. The van der Waals surface area contributed by atoms with Crippen LogP contribution in [0.3, 0.4) is 0 Å². The maximum absolute atomic E-state index is 13.4. The number of hydrogen-bond donors (Lipinski definition) is 1. The molecule has 1 aliphatic heterocycles. The number of aryl methyl sites for hydroxylation is 2. The van der Waals surface area contributed by atoms with E-state index in [0.717, 1.165) is 67.3 Å². The van der Waals surface area contributed by atoms with Gasteiger partial charge in [-0.1, -0.05) is 39.8 Å².